The fourth-order valence-electron chi connectivity index (χ4n) is 2.13. The zero-order valence-corrected chi connectivity index (χ0v) is 10.1. The summed E-state index contributed by atoms with van der Waals surface area (Å²) in [5, 5.41) is 0. The summed E-state index contributed by atoms with van der Waals surface area (Å²) in [6.07, 6.45) is 2.96. The van der Waals surface area contributed by atoms with Gasteiger partial charge in [-0.3, -0.25) is 4.90 Å². The standard InChI is InChI=1S/C11H24N2O2/c1-9-4-5-11(15-9)10(8-12)13(2)6-7-14-3/h9-11H,4-8,12H2,1-3H3. The average Bonchev–Trinajstić information content (AvgIpc) is 2.63. The van der Waals surface area contributed by atoms with Crippen LogP contribution >= 0.6 is 0 Å². The number of hydrogen-bond donors (Lipinski definition) is 1. The van der Waals surface area contributed by atoms with Gasteiger partial charge in [-0.05, 0) is 26.8 Å². The first-order valence-corrected chi connectivity index (χ1v) is 5.73. The van der Waals surface area contributed by atoms with Crippen LogP contribution in [0.5, 0.6) is 0 Å². The lowest BCUT2D eigenvalue weighted by molar-refractivity contribution is -0.00217. The summed E-state index contributed by atoms with van der Waals surface area (Å²) in [4.78, 5) is 2.24. The molecular weight excluding hydrogens is 192 g/mol. The van der Waals surface area contributed by atoms with E-state index in [0.717, 1.165) is 26.0 Å². The number of rotatable bonds is 6. The highest BCUT2D eigenvalue weighted by Gasteiger charge is 2.30. The van der Waals surface area contributed by atoms with E-state index >= 15 is 0 Å². The first-order chi connectivity index (χ1) is 7.19. The first-order valence-electron chi connectivity index (χ1n) is 5.73. The van der Waals surface area contributed by atoms with E-state index < -0.39 is 0 Å². The van der Waals surface area contributed by atoms with Gasteiger partial charge in [0.25, 0.3) is 0 Å². The van der Waals surface area contributed by atoms with Gasteiger partial charge in [0.05, 0.1) is 18.8 Å². The van der Waals surface area contributed by atoms with Crippen molar-refractivity contribution in [2.45, 2.75) is 38.0 Å². The summed E-state index contributed by atoms with van der Waals surface area (Å²) in [5.74, 6) is 0. The molecular formula is C11H24N2O2. The Labute approximate surface area is 92.7 Å². The van der Waals surface area contributed by atoms with Gasteiger partial charge in [0, 0.05) is 26.2 Å². The minimum Gasteiger partial charge on any atom is -0.383 e. The fourth-order valence-corrected chi connectivity index (χ4v) is 2.13. The molecule has 3 atom stereocenters. The molecule has 2 N–H and O–H groups in total. The van der Waals surface area contributed by atoms with Crippen LogP contribution in [0, 0.1) is 0 Å². The van der Waals surface area contributed by atoms with E-state index in [2.05, 4.69) is 18.9 Å². The molecule has 1 heterocycles. The van der Waals surface area contributed by atoms with Crippen LogP contribution in [0.25, 0.3) is 0 Å². The van der Waals surface area contributed by atoms with Crippen molar-refractivity contribution in [3.05, 3.63) is 0 Å². The predicted molar refractivity (Wildman–Crippen MR) is 60.9 cm³/mol. The van der Waals surface area contributed by atoms with Gasteiger partial charge in [-0.15, -0.1) is 0 Å². The van der Waals surface area contributed by atoms with Crippen molar-refractivity contribution in [1.29, 1.82) is 0 Å². The highest BCUT2D eigenvalue weighted by molar-refractivity contribution is 4.84. The number of ether oxygens (including phenoxy) is 2. The molecule has 4 heteroatoms. The van der Waals surface area contributed by atoms with Crippen LogP contribution in [0.15, 0.2) is 0 Å². The Morgan fingerprint density at radius 3 is 2.73 bits per heavy atom. The second-order valence-electron chi connectivity index (χ2n) is 4.34. The summed E-state index contributed by atoms with van der Waals surface area (Å²) in [6.45, 7) is 4.43. The Hall–Kier alpha value is -0.160. The molecule has 0 saturated carbocycles. The van der Waals surface area contributed by atoms with Gasteiger partial charge in [-0.1, -0.05) is 0 Å². The van der Waals surface area contributed by atoms with Crippen LogP contribution in [0.2, 0.25) is 0 Å². The van der Waals surface area contributed by atoms with E-state index in [1.807, 2.05) is 0 Å². The van der Waals surface area contributed by atoms with E-state index in [1.165, 1.54) is 0 Å². The molecule has 0 amide bonds. The van der Waals surface area contributed by atoms with Gasteiger partial charge >= 0.3 is 0 Å². The van der Waals surface area contributed by atoms with E-state index in [1.54, 1.807) is 7.11 Å². The second kappa shape index (κ2) is 6.43. The normalized spacial score (nSPS) is 28.6. The van der Waals surface area contributed by atoms with E-state index in [0.29, 0.717) is 24.8 Å². The number of hydrogen-bond acceptors (Lipinski definition) is 4. The maximum atomic E-state index is 5.85. The van der Waals surface area contributed by atoms with Gasteiger partial charge in [-0.25, -0.2) is 0 Å². The zero-order valence-electron chi connectivity index (χ0n) is 10.1. The second-order valence-corrected chi connectivity index (χ2v) is 4.34. The largest absolute Gasteiger partial charge is 0.383 e. The Morgan fingerprint density at radius 1 is 1.53 bits per heavy atom. The van der Waals surface area contributed by atoms with Crippen LogP contribution in [0.3, 0.4) is 0 Å². The Balaban J connectivity index is 2.40. The van der Waals surface area contributed by atoms with Crippen LogP contribution in [0.1, 0.15) is 19.8 Å². The van der Waals surface area contributed by atoms with Crippen LogP contribution in [-0.2, 0) is 9.47 Å². The third kappa shape index (κ3) is 3.72. The molecule has 0 aromatic carbocycles. The van der Waals surface area contributed by atoms with Crippen molar-refractivity contribution >= 4 is 0 Å². The lowest BCUT2D eigenvalue weighted by Crippen LogP contribution is -2.47. The van der Waals surface area contributed by atoms with Gasteiger partial charge in [0.15, 0.2) is 0 Å². The number of methoxy groups -OCH3 is 1. The van der Waals surface area contributed by atoms with Gasteiger partial charge in [-0.2, -0.15) is 0 Å². The molecule has 0 radical (unpaired) electrons. The molecule has 0 aromatic heterocycles. The summed E-state index contributed by atoms with van der Waals surface area (Å²) in [6, 6.07) is 0.324. The lowest BCUT2D eigenvalue weighted by atomic mass is 10.1. The number of nitrogens with two attached hydrogens (primary N) is 1. The number of likely N-dealkylation sites (N-methyl/N-ethyl adjacent to an activating group) is 1. The summed E-state index contributed by atoms with van der Waals surface area (Å²) in [5.41, 5.74) is 5.81. The quantitative estimate of drug-likeness (QED) is 0.701. The van der Waals surface area contributed by atoms with Crippen molar-refractivity contribution in [1.82, 2.24) is 4.90 Å². The molecule has 0 aliphatic carbocycles. The first kappa shape index (κ1) is 12.9. The Bertz CT molecular complexity index is 178. The van der Waals surface area contributed by atoms with Gasteiger partial charge < -0.3 is 15.2 Å². The molecule has 0 bridgehead atoms. The highest BCUT2D eigenvalue weighted by Crippen LogP contribution is 2.23. The predicted octanol–water partition coefficient (Wildman–Crippen LogP) is 0.459. The van der Waals surface area contributed by atoms with Crippen LogP contribution in [0.4, 0.5) is 0 Å². The highest BCUT2D eigenvalue weighted by atomic mass is 16.5. The summed E-state index contributed by atoms with van der Waals surface area (Å²) < 4.78 is 10.9. The third-order valence-corrected chi connectivity index (χ3v) is 3.15. The number of nitrogens with zero attached hydrogens (tertiary/aromatic N) is 1. The van der Waals surface area contributed by atoms with Crippen LogP contribution in [-0.4, -0.2) is 57.0 Å². The SMILES string of the molecule is COCCN(C)C(CN)C1CCC(C)O1. The van der Waals surface area contributed by atoms with E-state index in [-0.39, 0.29) is 0 Å². The molecule has 1 aliphatic heterocycles. The monoisotopic (exact) mass is 216 g/mol. The third-order valence-electron chi connectivity index (χ3n) is 3.15. The zero-order chi connectivity index (χ0) is 11.3. The molecule has 15 heavy (non-hydrogen) atoms. The van der Waals surface area contributed by atoms with E-state index in [4.69, 9.17) is 15.2 Å². The molecule has 90 valence electrons. The fraction of sp³-hybridized carbons (Fsp3) is 1.00. The van der Waals surface area contributed by atoms with Gasteiger partial charge in [0.2, 0.25) is 0 Å². The molecule has 3 unspecified atom stereocenters. The minimum atomic E-state index is 0.298. The smallest absolute Gasteiger partial charge is 0.0747 e. The Morgan fingerprint density at radius 2 is 2.27 bits per heavy atom. The van der Waals surface area contributed by atoms with Gasteiger partial charge in [0.1, 0.15) is 0 Å². The maximum Gasteiger partial charge on any atom is 0.0747 e. The van der Waals surface area contributed by atoms with Crippen molar-refractivity contribution in [3.63, 3.8) is 0 Å². The summed E-state index contributed by atoms with van der Waals surface area (Å²) >= 11 is 0. The van der Waals surface area contributed by atoms with Crippen molar-refractivity contribution in [2.75, 3.05) is 33.9 Å². The lowest BCUT2D eigenvalue weighted by Gasteiger charge is -2.31. The minimum absolute atomic E-state index is 0.298. The molecule has 1 saturated heterocycles. The van der Waals surface area contributed by atoms with Crippen molar-refractivity contribution in [3.8, 4) is 0 Å². The van der Waals surface area contributed by atoms with Crippen molar-refractivity contribution < 1.29 is 9.47 Å². The average molecular weight is 216 g/mol. The molecule has 1 aliphatic rings. The van der Waals surface area contributed by atoms with Crippen LogP contribution < -0.4 is 5.73 Å². The molecule has 1 fully saturated rings. The molecule has 0 spiro atoms. The van der Waals surface area contributed by atoms with E-state index in [9.17, 15) is 0 Å². The summed E-state index contributed by atoms with van der Waals surface area (Å²) in [7, 11) is 3.81. The molecule has 0 aromatic rings. The topological polar surface area (TPSA) is 47.7 Å². The van der Waals surface area contributed by atoms with Crippen molar-refractivity contribution in [2.24, 2.45) is 5.73 Å². The maximum absolute atomic E-state index is 5.85. The molecule has 1 rings (SSSR count). The molecule has 4 nitrogen and oxygen atoms in total. The Kier molecular flexibility index (Phi) is 5.53.